The Hall–Kier alpha value is -2.00. The van der Waals surface area contributed by atoms with Gasteiger partial charge >= 0.3 is 0 Å². The first-order valence-corrected chi connectivity index (χ1v) is 13.2. The van der Waals surface area contributed by atoms with Crippen LogP contribution in [0.1, 0.15) is 44.7 Å². The summed E-state index contributed by atoms with van der Waals surface area (Å²) in [5.74, 6) is 0.140. The summed E-state index contributed by atoms with van der Waals surface area (Å²) in [4.78, 5) is 0. The van der Waals surface area contributed by atoms with Crippen molar-refractivity contribution in [3.05, 3.63) is 58.5 Å². The molecule has 0 radical (unpaired) electrons. The van der Waals surface area contributed by atoms with E-state index in [1.807, 2.05) is 32.2 Å². The van der Waals surface area contributed by atoms with Crippen LogP contribution >= 0.6 is 11.6 Å². The molecule has 0 saturated heterocycles. The number of fused-ring (bicyclic) bond motifs is 2. The van der Waals surface area contributed by atoms with Gasteiger partial charge < -0.3 is 0 Å². The first kappa shape index (κ1) is 24.1. The third-order valence-corrected chi connectivity index (χ3v) is 8.09. The molecule has 0 spiro atoms. The molecule has 0 aliphatic heterocycles. The molecule has 1 aromatic carbocycles. The summed E-state index contributed by atoms with van der Waals surface area (Å²) in [6.45, 7) is 2.36. The van der Waals surface area contributed by atoms with Gasteiger partial charge in [-0.2, -0.15) is 18.2 Å². The summed E-state index contributed by atoms with van der Waals surface area (Å²) in [6, 6.07) is 8.18. The number of benzene rings is 1. The van der Waals surface area contributed by atoms with E-state index in [1.165, 1.54) is 12.1 Å². The fraction of sp³-hybridized carbons (Fsp3) is 0.458. The first-order valence-electron chi connectivity index (χ1n) is 11.4. The van der Waals surface area contributed by atoms with Crippen molar-refractivity contribution in [1.82, 2.24) is 19.2 Å². The van der Waals surface area contributed by atoms with E-state index >= 15 is 0 Å². The van der Waals surface area contributed by atoms with E-state index in [4.69, 9.17) is 11.6 Å². The molecule has 2 aliphatic carbocycles. The Labute approximate surface area is 200 Å². The normalized spacial score (nSPS) is 23.5. The van der Waals surface area contributed by atoms with Crippen LogP contribution in [0.3, 0.4) is 0 Å². The highest BCUT2D eigenvalue weighted by molar-refractivity contribution is 7.87. The summed E-state index contributed by atoms with van der Waals surface area (Å²) in [6.07, 6.45) is 8.03. The molecular formula is C24H30ClFN4O2S. The van der Waals surface area contributed by atoms with Crippen molar-refractivity contribution in [3.63, 3.8) is 0 Å². The molecule has 0 amide bonds. The predicted molar refractivity (Wildman–Crippen MR) is 130 cm³/mol. The number of aromatic nitrogens is 2. The number of aryl methyl sites for hydroxylation is 1. The van der Waals surface area contributed by atoms with E-state index in [9.17, 15) is 12.8 Å². The third kappa shape index (κ3) is 5.74. The van der Waals surface area contributed by atoms with Gasteiger partial charge in [0.05, 0.1) is 11.4 Å². The molecule has 9 heteroatoms. The molecule has 178 valence electrons. The predicted octanol–water partition coefficient (Wildman–Crippen LogP) is 4.75. The lowest BCUT2D eigenvalue weighted by atomic mass is 9.95. The zero-order chi connectivity index (χ0) is 23.6. The van der Waals surface area contributed by atoms with Crippen molar-refractivity contribution in [1.29, 1.82) is 0 Å². The summed E-state index contributed by atoms with van der Waals surface area (Å²) in [5, 5.41) is 5.34. The zero-order valence-corrected chi connectivity index (χ0v) is 20.5. The van der Waals surface area contributed by atoms with Crippen LogP contribution in [0.2, 0.25) is 0 Å². The highest BCUT2D eigenvalue weighted by atomic mass is 35.5. The monoisotopic (exact) mass is 492 g/mol. The van der Waals surface area contributed by atoms with Gasteiger partial charge in [0.25, 0.3) is 10.2 Å². The molecular weight excluding hydrogens is 463 g/mol. The molecule has 1 aromatic heterocycles. The van der Waals surface area contributed by atoms with Gasteiger partial charge in [-0.15, -0.1) is 0 Å². The molecule has 1 fully saturated rings. The Kier molecular flexibility index (Phi) is 7.38. The van der Waals surface area contributed by atoms with Gasteiger partial charge in [0.1, 0.15) is 5.82 Å². The van der Waals surface area contributed by atoms with Crippen LogP contribution in [0.4, 0.5) is 4.39 Å². The number of nitrogens with zero attached hydrogens (tertiary/aromatic N) is 2. The van der Waals surface area contributed by atoms with Gasteiger partial charge in [-0.05, 0) is 91.5 Å². The number of nitrogens with one attached hydrogen (secondary N) is 2. The van der Waals surface area contributed by atoms with Gasteiger partial charge in [0.2, 0.25) is 0 Å². The van der Waals surface area contributed by atoms with Crippen LogP contribution in [0.5, 0.6) is 0 Å². The summed E-state index contributed by atoms with van der Waals surface area (Å²) in [5.41, 5.74) is 3.60. The van der Waals surface area contributed by atoms with Crippen molar-refractivity contribution in [2.45, 2.75) is 45.1 Å². The second kappa shape index (κ2) is 10.1. The Morgan fingerprint density at radius 1 is 1.18 bits per heavy atom. The van der Waals surface area contributed by atoms with Crippen molar-refractivity contribution < 1.29 is 12.8 Å². The van der Waals surface area contributed by atoms with Crippen LogP contribution in [0.15, 0.2) is 47.0 Å². The van der Waals surface area contributed by atoms with E-state index < -0.39 is 10.2 Å². The van der Waals surface area contributed by atoms with Gasteiger partial charge in [-0.3, -0.25) is 4.68 Å². The van der Waals surface area contributed by atoms with E-state index in [0.717, 1.165) is 53.2 Å². The molecule has 2 aliphatic rings. The number of allylic oxidation sites excluding steroid dienone is 3. The molecule has 2 N–H and O–H groups in total. The minimum atomic E-state index is -3.52. The maximum Gasteiger partial charge on any atom is 0.277 e. The molecule has 2 aromatic rings. The zero-order valence-electron chi connectivity index (χ0n) is 18.9. The third-order valence-electron chi connectivity index (χ3n) is 6.52. The molecule has 3 atom stereocenters. The maximum atomic E-state index is 13.2. The molecule has 1 unspecified atom stereocenters. The molecule has 4 rings (SSSR count). The van der Waals surface area contributed by atoms with Crippen LogP contribution in [-0.4, -0.2) is 30.8 Å². The van der Waals surface area contributed by atoms with Gasteiger partial charge in [0.15, 0.2) is 0 Å². The second-order valence-corrected chi connectivity index (χ2v) is 10.9. The lowest BCUT2D eigenvalue weighted by Gasteiger charge is -2.23. The lowest BCUT2D eigenvalue weighted by Crippen LogP contribution is -2.46. The van der Waals surface area contributed by atoms with Crippen molar-refractivity contribution in [3.8, 4) is 11.3 Å². The van der Waals surface area contributed by atoms with Crippen LogP contribution in [0.25, 0.3) is 17.3 Å². The molecule has 1 saturated carbocycles. The summed E-state index contributed by atoms with van der Waals surface area (Å²) >= 11 is 6.69. The molecule has 1 heterocycles. The topological polar surface area (TPSA) is 76.0 Å². The van der Waals surface area contributed by atoms with Crippen LogP contribution < -0.4 is 9.44 Å². The highest BCUT2D eigenvalue weighted by Gasteiger charge is 2.41. The Balaban J connectivity index is 1.49. The van der Waals surface area contributed by atoms with E-state index in [2.05, 4.69) is 14.5 Å². The lowest BCUT2D eigenvalue weighted by molar-refractivity contribution is 0.385. The fourth-order valence-corrected chi connectivity index (χ4v) is 6.48. The van der Waals surface area contributed by atoms with Crippen LogP contribution in [-0.2, 0) is 17.3 Å². The maximum absolute atomic E-state index is 13.2. The largest absolute Gasteiger partial charge is 0.277 e. The van der Waals surface area contributed by atoms with E-state index in [-0.39, 0.29) is 23.7 Å². The molecule has 33 heavy (non-hydrogen) atoms. The Morgan fingerprint density at radius 2 is 1.88 bits per heavy atom. The first-order chi connectivity index (χ1) is 15.8. The number of halogens is 2. The smallest absolute Gasteiger partial charge is 0.267 e. The average Bonchev–Trinajstić information content (AvgIpc) is 3.28. The highest BCUT2D eigenvalue weighted by Crippen LogP contribution is 2.44. The van der Waals surface area contributed by atoms with Crippen molar-refractivity contribution in [2.24, 2.45) is 18.9 Å². The summed E-state index contributed by atoms with van der Waals surface area (Å²) < 4.78 is 45.4. The van der Waals surface area contributed by atoms with Gasteiger partial charge in [-0.1, -0.05) is 24.6 Å². The van der Waals surface area contributed by atoms with E-state index in [0.29, 0.717) is 13.0 Å². The molecule has 6 nitrogen and oxygen atoms in total. The van der Waals surface area contributed by atoms with Crippen LogP contribution in [0, 0.1) is 17.7 Å². The Bertz CT molecular complexity index is 1160. The minimum absolute atomic E-state index is 0.112. The van der Waals surface area contributed by atoms with Gasteiger partial charge in [0, 0.05) is 24.7 Å². The number of hydrogen-bond donors (Lipinski definition) is 2. The summed E-state index contributed by atoms with van der Waals surface area (Å²) in [7, 11) is -1.67. The van der Waals surface area contributed by atoms with Crippen molar-refractivity contribution >= 4 is 27.9 Å². The average molecular weight is 493 g/mol. The number of rotatable bonds is 8. The Morgan fingerprint density at radius 3 is 2.58 bits per heavy atom. The second-order valence-electron chi connectivity index (χ2n) is 8.90. The number of hydrogen-bond acceptors (Lipinski definition) is 3. The molecule has 2 bridgehead atoms. The van der Waals surface area contributed by atoms with Gasteiger partial charge in [-0.25, -0.2) is 9.11 Å². The van der Waals surface area contributed by atoms with Crippen molar-refractivity contribution in [2.75, 3.05) is 6.54 Å². The van der Waals surface area contributed by atoms with E-state index in [1.54, 1.807) is 16.8 Å². The SMILES string of the molecule is CCCNS(=O)(=O)NC1[C@@H]2CC[C@H]1CC(Cl)=C(C=Cc1cc(-c3ccc(F)cc3)n(C)n1)C2. The standard InChI is InChI=1S/C24H30ClFN4O2S/c1-3-12-27-33(31,32)29-24-18-4-5-19(24)14-22(25)17(13-18)8-11-21-15-23(30(2)28-21)16-6-9-20(26)10-7-16/h6-11,15,18-19,24,27,29H,3-5,12-14H2,1-2H3/t18-,19+,24?/m1/s1. The quantitative estimate of drug-likeness (QED) is 0.558. The fourth-order valence-electron chi connectivity index (χ4n) is 4.84. The minimum Gasteiger partial charge on any atom is -0.267 e.